The van der Waals surface area contributed by atoms with Gasteiger partial charge in [-0.15, -0.1) is 0 Å². The van der Waals surface area contributed by atoms with Gasteiger partial charge in [0.1, 0.15) is 5.82 Å². The first kappa shape index (κ1) is 15.8. The summed E-state index contributed by atoms with van der Waals surface area (Å²) < 4.78 is 13.5. The summed E-state index contributed by atoms with van der Waals surface area (Å²) in [5.41, 5.74) is 0.487. The maximum absolute atomic E-state index is 13.5. The molecule has 0 aromatic heterocycles. The van der Waals surface area contributed by atoms with Crippen LogP contribution in [-0.2, 0) is 11.2 Å². The van der Waals surface area contributed by atoms with Gasteiger partial charge in [0.2, 0.25) is 0 Å². The largest absolute Gasteiger partial charge is 0.298 e. The molecule has 1 aromatic rings. The lowest BCUT2D eigenvalue weighted by molar-refractivity contribution is -0.120. The van der Waals surface area contributed by atoms with Gasteiger partial charge in [-0.2, -0.15) is 0 Å². The predicted octanol–water partition coefficient (Wildman–Crippen LogP) is 3.30. The number of hydrogen-bond donors (Lipinski definition) is 0. The van der Waals surface area contributed by atoms with Crippen LogP contribution in [0.3, 0.4) is 0 Å². The number of rotatable bonds is 7. The maximum Gasteiger partial charge on any atom is 0.151 e. The van der Waals surface area contributed by atoms with Crippen molar-refractivity contribution in [2.45, 2.75) is 40.2 Å². The Kier molecular flexibility index (Phi) is 6.16. The molecule has 0 saturated carbocycles. The Hall–Kier alpha value is -1.22. The molecule has 0 atom stereocenters. The summed E-state index contributed by atoms with van der Waals surface area (Å²) in [7, 11) is 0. The van der Waals surface area contributed by atoms with Crippen molar-refractivity contribution in [2.75, 3.05) is 13.1 Å². The van der Waals surface area contributed by atoms with Crippen molar-refractivity contribution in [2.24, 2.45) is 5.92 Å². The van der Waals surface area contributed by atoms with E-state index in [9.17, 15) is 9.18 Å². The second-order valence-corrected chi connectivity index (χ2v) is 5.72. The van der Waals surface area contributed by atoms with Gasteiger partial charge in [-0.25, -0.2) is 4.39 Å². The molecule has 0 bridgehead atoms. The Morgan fingerprint density at radius 2 is 1.84 bits per heavy atom. The molecule has 19 heavy (non-hydrogen) atoms. The summed E-state index contributed by atoms with van der Waals surface area (Å²) in [5.74, 6) is 0.291. The minimum absolute atomic E-state index is 0.0689. The average Bonchev–Trinajstić information content (AvgIpc) is 2.30. The summed E-state index contributed by atoms with van der Waals surface area (Å²) in [5, 5.41) is 0. The fourth-order valence-electron chi connectivity index (χ4n) is 2.06. The molecule has 2 nitrogen and oxygen atoms in total. The van der Waals surface area contributed by atoms with Crippen LogP contribution in [0.2, 0.25) is 0 Å². The van der Waals surface area contributed by atoms with Gasteiger partial charge >= 0.3 is 0 Å². The smallest absolute Gasteiger partial charge is 0.151 e. The van der Waals surface area contributed by atoms with Crippen LogP contribution in [0.25, 0.3) is 0 Å². The monoisotopic (exact) mass is 265 g/mol. The van der Waals surface area contributed by atoms with Crippen LogP contribution in [0.15, 0.2) is 24.3 Å². The summed E-state index contributed by atoms with van der Waals surface area (Å²) in [6.07, 6.45) is 0.175. The zero-order valence-electron chi connectivity index (χ0n) is 12.3. The Morgan fingerprint density at radius 1 is 1.21 bits per heavy atom. The fourth-order valence-corrected chi connectivity index (χ4v) is 2.06. The number of carbonyl (C=O) groups is 1. The molecule has 0 spiro atoms. The molecule has 1 rings (SSSR count). The predicted molar refractivity (Wildman–Crippen MR) is 76.7 cm³/mol. The molecule has 3 heteroatoms. The third kappa shape index (κ3) is 5.52. The van der Waals surface area contributed by atoms with Crippen molar-refractivity contribution in [1.82, 2.24) is 4.90 Å². The van der Waals surface area contributed by atoms with Crippen LogP contribution in [0.5, 0.6) is 0 Å². The highest BCUT2D eigenvalue weighted by atomic mass is 19.1. The van der Waals surface area contributed by atoms with Crippen molar-refractivity contribution in [3.8, 4) is 0 Å². The quantitative estimate of drug-likeness (QED) is 0.754. The molecule has 0 heterocycles. The Balaban J connectivity index is 2.60. The number of nitrogens with zero attached hydrogens (tertiary/aromatic N) is 1. The summed E-state index contributed by atoms with van der Waals surface area (Å²) in [4.78, 5) is 14.2. The molecule has 0 fully saturated rings. The second-order valence-electron chi connectivity index (χ2n) is 5.72. The molecule has 0 amide bonds. The van der Waals surface area contributed by atoms with Crippen LogP contribution < -0.4 is 0 Å². The highest BCUT2D eigenvalue weighted by molar-refractivity contribution is 5.82. The highest BCUT2D eigenvalue weighted by Gasteiger charge is 2.16. The van der Waals surface area contributed by atoms with Gasteiger partial charge in [-0.05, 0) is 31.4 Å². The number of carbonyl (C=O) groups excluding carboxylic acids is 1. The molecule has 0 N–H and O–H groups in total. The molecule has 1 aromatic carbocycles. The molecule has 0 aliphatic carbocycles. The van der Waals surface area contributed by atoms with Crippen LogP contribution in [0.4, 0.5) is 4.39 Å². The summed E-state index contributed by atoms with van der Waals surface area (Å²) >= 11 is 0. The highest BCUT2D eigenvalue weighted by Crippen LogP contribution is 2.09. The van der Waals surface area contributed by atoms with Crippen molar-refractivity contribution in [1.29, 1.82) is 0 Å². The van der Waals surface area contributed by atoms with E-state index in [4.69, 9.17) is 0 Å². The number of halogens is 1. The molecular weight excluding hydrogens is 241 g/mol. The van der Waals surface area contributed by atoms with E-state index in [0.29, 0.717) is 24.1 Å². The topological polar surface area (TPSA) is 20.3 Å². The van der Waals surface area contributed by atoms with Gasteiger partial charge in [-0.1, -0.05) is 32.0 Å². The molecular formula is C16H24FNO. The minimum Gasteiger partial charge on any atom is -0.298 e. The number of Topliss-reactive ketones (excluding diaryl/α,β-unsaturated/α-hetero) is 1. The zero-order chi connectivity index (χ0) is 14.4. The van der Waals surface area contributed by atoms with Gasteiger partial charge in [0.05, 0.1) is 6.54 Å². The third-order valence-corrected chi connectivity index (χ3v) is 3.05. The average molecular weight is 265 g/mol. The van der Waals surface area contributed by atoms with Crippen LogP contribution in [0.1, 0.15) is 33.3 Å². The molecule has 0 aliphatic heterocycles. The standard InChI is InChI=1S/C16H24FNO/c1-12(2)10-18(13(3)4)11-15(19)9-14-7-5-6-8-16(14)17/h5-8,12-13H,9-11H2,1-4H3. The van der Waals surface area contributed by atoms with E-state index < -0.39 is 0 Å². The van der Waals surface area contributed by atoms with Crippen LogP contribution in [0, 0.1) is 11.7 Å². The number of benzene rings is 1. The molecule has 0 unspecified atom stereocenters. The van der Waals surface area contributed by atoms with Gasteiger partial charge in [-0.3, -0.25) is 9.69 Å². The number of hydrogen-bond acceptors (Lipinski definition) is 2. The van der Waals surface area contributed by atoms with E-state index >= 15 is 0 Å². The van der Waals surface area contributed by atoms with E-state index in [1.807, 2.05) is 0 Å². The summed E-state index contributed by atoms with van der Waals surface area (Å²) in [6, 6.07) is 6.81. The van der Waals surface area contributed by atoms with Gasteiger partial charge in [0, 0.05) is 19.0 Å². The van der Waals surface area contributed by atoms with Gasteiger partial charge in [0.25, 0.3) is 0 Å². The van der Waals surface area contributed by atoms with Crippen molar-refractivity contribution < 1.29 is 9.18 Å². The maximum atomic E-state index is 13.5. The van der Waals surface area contributed by atoms with Crippen LogP contribution in [-0.4, -0.2) is 29.8 Å². The van der Waals surface area contributed by atoms with Gasteiger partial charge in [0.15, 0.2) is 5.78 Å². The Morgan fingerprint density at radius 3 is 2.37 bits per heavy atom. The zero-order valence-corrected chi connectivity index (χ0v) is 12.3. The van der Waals surface area contributed by atoms with E-state index in [2.05, 4.69) is 32.6 Å². The number of ketones is 1. The van der Waals surface area contributed by atoms with E-state index in [0.717, 1.165) is 6.54 Å². The van der Waals surface area contributed by atoms with Crippen LogP contribution >= 0.6 is 0 Å². The van der Waals surface area contributed by atoms with Crippen molar-refractivity contribution in [3.05, 3.63) is 35.6 Å². The third-order valence-electron chi connectivity index (χ3n) is 3.05. The first-order chi connectivity index (χ1) is 8.90. The first-order valence-electron chi connectivity index (χ1n) is 6.89. The second kappa shape index (κ2) is 7.39. The SMILES string of the molecule is CC(C)CN(CC(=O)Cc1ccccc1F)C(C)C. The first-order valence-corrected chi connectivity index (χ1v) is 6.89. The lowest BCUT2D eigenvalue weighted by Crippen LogP contribution is -2.38. The molecule has 106 valence electrons. The summed E-state index contributed by atoms with van der Waals surface area (Å²) in [6.45, 7) is 9.72. The molecule has 0 aliphatic rings. The molecule has 0 radical (unpaired) electrons. The Bertz CT molecular complexity index is 415. The lowest BCUT2D eigenvalue weighted by Gasteiger charge is -2.27. The normalized spacial score (nSPS) is 11.6. The fraction of sp³-hybridized carbons (Fsp3) is 0.562. The Labute approximate surface area is 115 Å². The van der Waals surface area contributed by atoms with E-state index in [1.165, 1.54) is 6.07 Å². The lowest BCUT2D eigenvalue weighted by atomic mass is 10.1. The minimum atomic E-state index is -0.296. The van der Waals surface area contributed by atoms with E-state index in [1.54, 1.807) is 18.2 Å². The van der Waals surface area contributed by atoms with Crippen molar-refractivity contribution in [3.63, 3.8) is 0 Å². The van der Waals surface area contributed by atoms with E-state index in [-0.39, 0.29) is 18.0 Å². The molecule has 0 saturated heterocycles. The van der Waals surface area contributed by atoms with Crippen molar-refractivity contribution >= 4 is 5.78 Å². The van der Waals surface area contributed by atoms with Gasteiger partial charge < -0.3 is 0 Å².